The Labute approximate surface area is 136 Å². The van der Waals surface area contributed by atoms with Crippen molar-refractivity contribution in [2.75, 3.05) is 26.2 Å². The van der Waals surface area contributed by atoms with Gasteiger partial charge < -0.3 is 9.22 Å². The lowest BCUT2D eigenvalue weighted by atomic mass is 9.70. The van der Waals surface area contributed by atoms with Gasteiger partial charge in [-0.15, -0.1) is 0 Å². The summed E-state index contributed by atoms with van der Waals surface area (Å²) in [6, 6.07) is 0. The molecule has 3 atom stereocenters. The van der Waals surface area contributed by atoms with Gasteiger partial charge >= 0.3 is 5.97 Å². The topological polar surface area (TPSA) is 26.3 Å². The summed E-state index contributed by atoms with van der Waals surface area (Å²) in [5, 5.41) is 0. The van der Waals surface area contributed by atoms with Gasteiger partial charge in [-0.3, -0.25) is 0 Å². The number of ether oxygens (including phenoxy) is 1. The number of carbonyl (C=O) groups is 1. The van der Waals surface area contributed by atoms with Gasteiger partial charge in [0.1, 0.15) is 6.10 Å². The average molecular weight is 308 g/mol. The Hall–Kier alpha value is -0.830. The maximum absolute atomic E-state index is 12.6. The van der Waals surface area contributed by atoms with E-state index in [0.29, 0.717) is 17.9 Å². The van der Waals surface area contributed by atoms with E-state index in [1.807, 2.05) is 6.08 Å². The lowest BCUT2D eigenvalue weighted by Crippen LogP contribution is -2.52. The predicted molar refractivity (Wildman–Crippen MR) is 90.4 cm³/mol. The maximum atomic E-state index is 12.6. The zero-order chi connectivity index (χ0) is 16.6. The molecular formula is C19H34NO2+. The number of esters is 1. The second-order valence-corrected chi connectivity index (χ2v) is 8.19. The molecule has 3 nitrogen and oxygen atoms in total. The van der Waals surface area contributed by atoms with E-state index in [0.717, 1.165) is 30.5 Å². The number of carbonyl (C=O) groups excluding carboxylic acids is 1. The summed E-state index contributed by atoms with van der Waals surface area (Å²) in [6.07, 6.45) is 5.56. The number of fused-ring (bicyclic) bond motifs is 2. The Morgan fingerprint density at radius 3 is 2.36 bits per heavy atom. The van der Waals surface area contributed by atoms with Crippen molar-refractivity contribution in [1.29, 1.82) is 0 Å². The first kappa shape index (κ1) is 17.5. The van der Waals surface area contributed by atoms with Crippen molar-refractivity contribution in [3.8, 4) is 0 Å². The summed E-state index contributed by atoms with van der Waals surface area (Å²) in [6.45, 7) is 18.3. The van der Waals surface area contributed by atoms with Crippen molar-refractivity contribution in [1.82, 2.24) is 0 Å². The van der Waals surface area contributed by atoms with Crippen molar-refractivity contribution < 1.29 is 14.0 Å². The van der Waals surface area contributed by atoms with E-state index in [4.69, 9.17) is 4.74 Å². The van der Waals surface area contributed by atoms with Crippen LogP contribution >= 0.6 is 0 Å². The van der Waals surface area contributed by atoms with Gasteiger partial charge in [0.25, 0.3) is 0 Å². The summed E-state index contributed by atoms with van der Waals surface area (Å²) in [7, 11) is 0. The Morgan fingerprint density at radius 1 is 1.32 bits per heavy atom. The van der Waals surface area contributed by atoms with E-state index in [-0.39, 0.29) is 17.5 Å². The second-order valence-electron chi connectivity index (χ2n) is 8.19. The van der Waals surface area contributed by atoms with Crippen molar-refractivity contribution in [3.05, 3.63) is 12.7 Å². The van der Waals surface area contributed by atoms with E-state index >= 15 is 0 Å². The molecule has 0 aromatic carbocycles. The molecule has 2 saturated carbocycles. The summed E-state index contributed by atoms with van der Waals surface area (Å²) in [5.41, 5.74) is 0.445. The van der Waals surface area contributed by atoms with Crippen LogP contribution < -0.4 is 0 Å². The molecule has 2 aliphatic carbocycles. The van der Waals surface area contributed by atoms with Gasteiger partial charge in [0, 0.05) is 5.41 Å². The lowest BCUT2D eigenvalue weighted by molar-refractivity contribution is -0.912. The minimum absolute atomic E-state index is 0.0277. The molecule has 2 bridgehead atoms. The third kappa shape index (κ3) is 2.62. The van der Waals surface area contributed by atoms with Crippen LogP contribution in [0, 0.1) is 16.7 Å². The highest BCUT2D eigenvalue weighted by Crippen LogP contribution is 2.66. The molecule has 0 aliphatic heterocycles. The molecule has 0 N–H and O–H groups in total. The number of rotatable bonds is 7. The van der Waals surface area contributed by atoms with Crippen molar-refractivity contribution in [3.63, 3.8) is 0 Å². The van der Waals surface area contributed by atoms with Crippen LogP contribution in [0.3, 0.4) is 0 Å². The van der Waals surface area contributed by atoms with Crippen LogP contribution in [0.5, 0.6) is 0 Å². The first-order chi connectivity index (χ1) is 10.2. The summed E-state index contributed by atoms with van der Waals surface area (Å²) in [4.78, 5) is 12.6. The standard InChI is InChI=1S/C19H34NO2/c1-7-12-20(8-2,9-3)14-17(21)22-16-13-15-10-11-19(16,6)18(15,4)5/h7,15-16H,1,8-14H2,2-6H3/q+1/t15-,16+,19+/m1/s1. The van der Waals surface area contributed by atoms with Gasteiger partial charge in [-0.2, -0.15) is 0 Å². The molecule has 0 unspecified atom stereocenters. The zero-order valence-electron chi connectivity index (χ0n) is 15.2. The Kier molecular flexibility index (Phi) is 4.77. The van der Waals surface area contributed by atoms with Crippen LogP contribution in [0.15, 0.2) is 12.7 Å². The van der Waals surface area contributed by atoms with Gasteiger partial charge in [0.2, 0.25) is 0 Å². The van der Waals surface area contributed by atoms with Crippen LogP contribution in [0.25, 0.3) is 0 Å². The van der Waals surface area contributed by atoms with E-state index in [1.54, 1.807) is 0 Å². The molecule has 0 spiro atoms. The quantitative estimate of drug-likeness (QED) is 0.406. The fraction of sp³-hybridized carbons (Fsp3) is 0.842. The lowest BCUT2D eigenvalue weighted by Gasteiger charge is -2.39. The van der Waals surface area contributed by atoms with Crippen LogP contribution in [0.4, 0.5) is 0 Å². The van der Waals surface area contributed by atoms with Crippen LogP contribution in [-0.4, -0.2) is 42.7 Å². The smallest absolute Gasteiger partial charge is 0.362 e. The van der Waals surface area contributed by atoms with Crippen molar-refractivity contribution >= 4 is 5.97 Å². The second kappa shape index (κ2) is 5.99. The number of likely N-dealkylation sites (N-methyl/N-ethyl adjacent to an activating group) is 1. The average Bonchev–Trinajstić information content (AvgIpc) is 2.80. The molecule has 0 saturated heterocycles. The molecule has 3 heteroatoms. The summed E-state index contributed by atoms with van der Waals surface area (Å²) < 4.78 is 6.75. The minimum atomic E-state index is -0.0277. The van der Waals surface area contributed by atoms with Crippen LogP contribution in [0.1, 0.15) is 53.9 Å². The van der Waals surface area contributed by atoms with Gasteiger partial charge in [-0.25, -0.2) is 4.79 Å². The van der Waals surface area contributed by atoms with Gasteiger partial charge in [-0.05, 0) is 50.5 Å². The molecule has 2 fully saturated rings. The summed E-state index contributed by atoms with van der Waals surface area (Å²) >= 11 is 0. The first-order valence-corrected chi connectivity index (χ1v) is 8.90. The molecule has 2 rings (SSSR count). The highest BCUT2D eigenvalue weighted by Gasteiger charge is 2.63. The van der Waals surface area contributed by atoms with Crippen molar-refractivity contribution in [2.24, 2.45) is 16.7 Å². The molecular weight excluding hydrogens is 274 g/mol. The molecule has 2 aliphatic rings. The Bertz CT molecular complexity index is 439. The highest BCUT2D eigenvalue weighted by atomic mass is 16.5. The Morgan fingerprint density at radius 2 is 1.95 bits per heavy atom. The summed E-state index contributed by atoms with van der Waals surface area (Å²) in [5.74, 6) is 0.681. The van der Waals surface area contributed by atoms with Gasteiger partial charge in [-0.1, -0.05) is 27.4 Å². The van der Waals surface area contributed by atoms with Crippen LogP contribution in [0.2, 0.25) is 0 Å². The molecule has 22 heavy (non-hydrogen) atoms. The molecule has 0 aromatic heterocycles. The van der Waals surface area contributed by atoms with E-state index < -0.39 is 0 Å². The first-order valence-electron chi connectivity index (χ1n) is 8.90. The number of nitrogens with zero attached hydrogens (tertiary/aromatic N) is 1. The monoisotopic (exact) mass is 308 g/mol. The number of hydrogen-bond donors (Lipinski definition) is 0. The van der Waals surface area contributed by atoms with E-state index in [2.05, 4.69) is 41.2 Å². The van der Waals surface area contributed by atoms with E-state index in [9.17, 15) is 4.79 Å². The molecule has 0 amide bonds. The molecule has 126 valence electrons. The van der Waals surface area contributed by atoms with Gasteiger partial charge in [0.15, 0.2) is 6.54 Å². The fourth-order valence-corrected chi connectivity index (χ4v) is 4.82. The maximum Gasteiger partial charge on any atom is 0.362 e. The normalized spacial score (nSPS) is 33.0. The molecule has 0 radical (unpaired) electrons. The third-order valence-corrected chi connectivity index (χ3v) is 7.31. The van der Waals surface area contributed by atoms with E-state index in [1.165, 1.54) is 12.8 Å². The molecule has 0 heterocycles. The minimum Gasteiger partial charge on any atom is -0.458 e. The molecule has 0 aromatic rings. The third-order valence-electron chi connectivity index (χ3n) is 7.31. The zero-order valence-corrected chi connectivity index (χ0v) is 15.2. The fourth-order valence-electron chi connectivity index (χ4n) is 4.82. The SMILES string of the molecule is C=CC[N+](CC)(CC)CC(=O)O[C@H]1C[C@H]2CC[C@]1(C)C2(C)C. The van der Waals surface area contributed by atoms with Crippen LogP contribution in [-0.2, 0) is 9.53 Å². The number of quaternary nitrogens is 1. The predicted octanol–water partition coefficient (Wildman–Crippen LogP) is 3.79. The Balaban J connectivity index is 2.03. The van der Waals surface area contributed by atoms with Crippen molar-refractivity contribution in [2.45, 2.75) is 60.0 Å². The number of hydrogen-bond acceptors (Lipinski definition) is 2. The largest absolute Gasteiger partial charge is 0.458 e. The van der Waals surface area contributed by atoms with Gasteiger partial charge in [0.05, 0.1) is 19.6 Å². The highest BCUT2D eigenvalue weighted by molar-refractivity contribution is 5.71.